The third-order valence-electron chi connectivity index (χ3n) is 7.41. The van der Waals surface area contributed by atoms with Gasteiger partial charge in [0.1, 0.15) is 23.1 Å². The Kier molecular flexibility index (Phi) is 10.4. The van der Waals surface area contributed by atoms with Gasteiger partial charge in [0.15, 0.2) is 11.6 Å². The molecule has 1 aliphatic heterocycles. The van der Waals surface area contributed by atoms with Gasteiger partial charge in [0.05, 0.1) is 13.7 Å². The van der Waals surface area contributed by atoms with Crippen LogP contribution in [0.1, 0.15) is 34.8 Å². The smallest absolute Gasteiger partial charge is 0.266 e. The van der Waals surface area contributed by atoms with Crippen molar-refractivity contribution in [3.63, 3.8) is 0 Å². The van der Waals surface area contributed by atoms with Crippen molar-refractivity contribution in [2.75, 3.05) is 26.9 Å². The highest BCUT2D eigenvalue weighted by atomic mass is 19.1. The number of aliphatic hydroxyl groups excluding tert-OH is 1. The number of benzene rings is 4. The van der Waals surface area contributed by atoms with Crippen molar-refractivity contribution < 1.29 is 32.9 Å². The lowest BCUT2D eigenvalue weighted by molar-refractivity contribution is -0.130. The van der Waals surface area contributed by atoms with Gasteiger partial charge in [-0.25, -0.2) is 19.2 Å². The average Bonchev–Trinajstić information content (AvgIpc) is 3.44. The number of nitrogens with zero attached hydrogens (tertiary/aromatic N) is 1. The number of carbonyl (C=O) groups is 1. The van der Waals surface area contributed by atoms with Crippen LogP contribution in [0.2, 0.25) is 0 Å². The number of methoxy groups -OCH3 is 1. The molecule has 1 aliphatic rings. The standard InChI is InChI=1S/C35H35F2N3O5/c1-43-31-10-5-9-27(21-31)32-35(23-24-7-3-2-4-8-24,34(42)40-38-16-15-25-19-28(36)22-29(37)20-25)39-33(45-32)26-11-13-30(14-12-26)44-18-6-17-41/h2-5,7-14,19-22,32,38,41H,6,15-18,23H2,1H3,(H,40,42)/t32-,35-/m0/s1. The second kappa shape index (κ2) is 14.8. The maximum Gasteiger partial charge on any atom is 0.266 e. The quantitative estimate of drug-likeness (QED) is 0.135. The molecule has 10 heteroatoms. The van der Waals surface area contributed by atoms with E-state index in [4.69, 9.17) is 24.3 Å². The van der Waals surface area contributed by atoms with E-state index in [0.717, 1.165) is 11.6 Å². The van der Waals surface area contributed by atoms with Crippen LogP contribution in [0.5, 0.6) is 11.5 Å². The van der Waals surface area contributed by atoms with Crippen molar-refractivity contribution in [2.45, 2.75) is 30.9 Å². The monoisotopic (exact) mass is 615 g/mol. The molecule has 0 radical (unpaired) electrons. The van der Waals surface area contributed by atoms with Gasteiger partial charge in [-0.2, -0.15) is 0 Å². The molecule has 0 saturated heterocycles. The van der Waals surface area contributed by atoms with Crippen LogP contribution in [0, 0.1) is 11.6 Å². The Bertz CT molecular complexity index is 1600. The molecule has 0 spiro atoms. The average molecular weight is 616 g/mol. The van der Waals surface area contributed by atoms with Crippen LogP contribution in [0.15, 0.2) is 102 Å². The fourth-order valence-electron chi connectivity index (χ4n) is 5.21. The SMILES string of the molecule is COc1cccc([C@@H]2OC(c3ccc(OCCCO)cc3)=N[C@]2(Cc2ccccc2)C(=O)NNCCc2cc(F)cc(F)c2)c1. The van der Waals surface area contributed by atoms with Gasteiger partial charge >= 0.3 is 0 Å². The molecule has 8 nitrogen and oxygen atoms in total. The topological polar surface area (TPSA) is 101 Å². The van der Waals surface area contributed by atoms with Crippen LogP contribution < -0.4 is 20.3 Å². The summed E-state index contributed by atoms with van der Waals surface area (Å²) in [4.78, 5) is 19.2. The highest BCUT2D eigenvalue weighted by Gasteiger charge is 2.53. The molecular formula is C35H35F2N3O5. The molecule has 0 aromatic heterocycles. The number of ether oxygens (including phenoxy) is 3. The van der Waals surface area contributed by atoms with Gasteiger partial charge in [0.25, 0.3) is 5.91 Å². The van der Waals surface area contributed by atoms with Gasteiger partial charge in [-0.3, -0.25) is 10.2 Å². The molecule has 0 saturated carbocycles. The zero-order valence-corrected chi connectivity index (χ0v) is 24.8. The molecule has 1 heterocycles. The Balaban J connectivity index is 1.47. The van der Waals surface area contributed by atoms with Gasteiger partial charge in [-0.05, 0) is 71.6 Å². The normalized spacial score (nSPS) is 17.3. The van der Waals surface area contributed by atoms with Crippen LogP contribution in [0.25, 0.3) is 0 Å². The molecule has 4 aromatic rings. The molecule has 0 unspecified atom stereocenters. The molecule has 45 heavy (non-hydrogen) atoms. The first-order valence-corrected chi connectivity index (χ1v) is 14.7. The van der Waals surface area contributed by atoms with Crippen LogP contribution in [-0.2, 0) is 22.4 Å². The predicted octanol–water partition coefficient (Wildman–Crippen LogP) is 5.10. The number of halogens is 2. The van der Waals surface area contributed by atoms with E-state index in [9.17, 15) is 13.6 Å². The van der Waals surface area contributed by atoms with Gasteiger partial charge in [0, 0.05) is 37.6 Å². The summed E-state index contributed by atoms with van der Waals surface area (Å²) in [6.45, 7) is 0.639. The van der Waals surface area contributed by atoms with Crippen molar-refractivity contribution >= 4 is 11.8 Å². The molecule has 5 rings (SSSR count). The van der Waals surface area contributed by atoms with Crippen molar-refractivity contribution in [1.82, 2.24) is 10.9 Å². The van der Waals surface area contributed by atoms with Crippen molar-refractivity contribution in [3.8, 4) is 11.5 Å². The second-order valence-corrected chi connectivity index (χ2v) is 10.6. The number of aliphatic imine (C=N–C) groups is 1. The Morgan fingerprint density at radius 3 is 2.40 bits per heavy atom. The molecule has 2 atom stereocenters. The molecule has 0 fully saturated rings. The van der Waals surface area contributed by atoms with E-state index in [1.54, 1.807) is 19.2 Å². The Hall–Kier alpha value is -4.80. The highest BCUT2D eigenvalue weighted by Crippen LogP contribution is 2.43. The molecule has 3 N–H and O–H groups in total. The van der Waals surface area contributed by atoms with Gasteiger partial charge in [-0.1, -0.05) is 42.5 Å². The third kappa shape index (κ3) is 7.84. The molecule has 234 valence electrons. The van der Waals surface area contributed by atoms with Crippen LogP contribution in [-0.4, -0.2) is 49.3 Å². The summed E-state index contributed by atoms with van der Waals surface area (Å²) in [6.07, 6.45) is 0.175. The predicted molar refractivity (Wildman–Crippen MR) is 166 cm³/mol. The summed E-state index contributed by atoms with van der Waals surface area (Å²) in [6, 6.07) is 27.4. The van der Waals surface area contributed by atoms with Crippen LogP contribution in [0.4, 0.5) is 8.78 Å². The molecule has 0 aliphatic carbocycles. The first kappa shape index (κ1) is 31.6. The number of nitrogens with one attached hydrogen (secondary N) is 2. The third-order valence-corrected chi connectivity index (χ3v) is 7.41. The first-order chi connectivity index (χ1) is 21.9. The number of amides is 1. The largest absolute Gasteiger partial charge is 0.497 e. The summed E-state index contributed by atoms with van der Waals surface area (Å²) in [5.74, 6) is -0.248. The summed E-state index contributed by atoms with van der Waals surface area (Å²) in [5.41, 5.74) is 6.93. The minimum atomic E-state index is -1.45. The molecular weight excluding hydrogens is 580 g/mol. The number of hydrogen-bond donors (Lipinski definition) is 3. The van der Waals surface area contributed by atoms with Gasteiger partial charge in [-0.15, -0.1) is 0 Å². The lowest BCUT2D eigenvalue weighted by atomic mass is 9.82. The van der Waals surface area contributed by atoms with E-state index in [1.807, 2.05) is 66.7 Å². The minimum Gasteiger partial charge on any atom is -0.497 e. The lowest BCUT2D eigenvalue weighted by Crippen LogP contribution is -2.54. The van der Waals surface area contributed by atoms with E-state index >= 15 is 0 Å². The summed E-state index contributed by atoms with van der Waals surface area (Å²) >= 11 is 0. The summed E-state index contributed by atoms with van der Waals surface area (Å²) < 4.78 is 45.0. The Labute approximate surface area is 260 Å². The van der Waals surface area contributed by atoms with E-state index in [-0.39, 0.29) is 31.9 Å². The number of rotatable bonds is 14. The lowest BCUT2D eigenvalue weighted by Gasteiger charge is -2.31. The number of carbonyl (C=O) groups excluding carboxylic acids is 1. The first-order valence-electron chi connectivity index (χ1n) is 14.7. The van der Waals surface area contributed by atoms with Gasteiger partial charge < -0.3 is 19.3 Å². The van der Waals surface area contributed by atoms with E-state index in [2.05, 4.69) is 10.9 Å². The van der Waals surface area contributed by atoms with Crippen molar-refractivity contribution in [3.05, 3.63) is 131 Å². The van der Waals surface area contributed by atoms with Crippen molar-refractivity contribution in [2.24, 2.45) is 4.99 Å². The maximum atomic E-state index is 14.3. The van der Waals surface area contributed by atoms with Crippen LogP contribution >= 0.6 is 0 Å². The number of aliphatic hydroxyl groups is 1. The maximum absolute atomic E-state index is 14.3. The minimum absolute atomic E-state index is 0.0398. The molecule has 0 bridgehead atoms. The summed E-state index contributed by atoms with van der Waals surface area (Å²) in [5, 5.41) is 9.04. The fraction of sp³-hybridized carbons (Fsp3) is 0.257. The van der Waals surface area contributed by atoms with Crippen molar-refractivity contribution in [1.29, 1.82) is 0 Å². The zero-order chi connectivity index (χ0) is 31.6. The highest BCUT2D eigenvalue weighted by molar-refractivity contribution is 6.01. The van der Waals surface area contributed by atoms with Gasteiger partial charge in [0.2, 0.25) is 5.90 Å². The Morgan fingerprint density at radius 2 is 1.69 bits per heavy atom. The fourth-order valence-corrected chi connectivity index (χ4v) is 5.21. The zero-order valence-electron chi connectivity index (χ0n) is 24.8. The van der Waals surface area contributed by atoms with E-state index in [0.29, 0.717) is 41.2 Å². The van der Waals surface area contributed by atoms with E-state index in [1.165, 1.54) is 12.1 Å². The Morgan fingerprint density at radius 1 is 0.933 bits per heavy atom. The second-order valence-electron chi connectivity index (χ2n) is 10.6. The number of hydrazine groups is 1. The van der Waals surface area contributed by atoms with E-state index < -0.39 is 29.2 Å². The molecule has 1 amide bonds. The molecule has 4 aromatic carbocycles. The summed E-state index contributed by atoms with van der Waals surface area (Å²) in [7, 11) is 1.57. The van der Waals surface area contributed by atoms with Crippen LogP contribution in [0.3, 0.4) is 0 Å². The number of hydrogen-bond acceptors (Lipinski definition) is 7.